The zero-order chi connectivity index (χ0) is 16.6. The van der Waals surface area contributed by atoms with E-state index < -0.39 is 27.9 Å². The minimum atomic E-state index is -3.27. The van der Waals surface area contributed by atoms with Gasteiger partial charge in [-0.05, 0) is 19.1 Å². The first-order valence-corrected chi connectivity index (χ1v) is 10.0. The van der Waals surface area contributed by atoms with Crippen LogP contribution in [0.1, 0.15) is 19.8 Å². The molecule has 2 N–H and O–H groups in total. The van der Waals surface area contributed by atoms with Gasteiger partial charge in [0.25, 0.3) is 0 Å². The van der Waals surface area contributed by atoms with E-state index in [1.807, 2.05) is 13.2 Å². The third kappa shape index (κ3) is 8.15. The maximum Gasteiger partial charge on any atom is 0.326 e. The van der Waals surface area contributed by atoms with Gasteiger partial charge in [0.1, 0.15) is 15.9 Å². The molecule has 0 aliphatic heterocycles. The van der Waals surface area contributed by atoms with Gasteiger partial charge in [0.2, 0.25) is 0 Å². The van der Waals surface area contributed by atoms with Crippen LogP contribution in [-0.4, -0.2) is 73.6 Å². The maximum absolute atomic E-state index is 12.1. The number of carbonyl (C=O) groups excluding carboxylic acids is 1. The molecule has 0 heterocycles. The summed E-state index contributed by atoms with van der Waals surface area (Å²) in [6, 6.07) is -1.71. The van der Waals surface area contributed by atoms with Crippen molar-refractivity contribution in [2.45, 2.75) is 31.8 Å². The number of rotatable bonds is 9. The van der Waals surface area contributed by atoms with E-state index in [1.54, 1.807) is 18.8 Å². The van der Waals surface area contributed by atoms with Crippen molar-refractivity contribution in [3.8, 4) is 0 Å². The van der Waals surface area contributed by atoms with Crippen LogP contribution in [0.3, 0.4) is 0 Å². The molecule has 7 nitrogen and oxygen atoms in total. The van der Waals surface area contributed by atoms with Crippen LogP contribution in [0, 0.1) is 0 Å². The molecule has 21 heavy (non-hydrogen) atoms. The summed E-state index contributed by atoms with van der Waals surface area (Å²) in [6.45, 7) is 1.95. The number of nitrogens with one attached hydrogen (secondary N) is 1. The topological polar surface area (TPSA) is 104 Å². The number of hydrogen-bond acceptors (Lipinski definition) is 5. The summed E-state index contributed by atoms with van der Waals surface area (Å²) in [7, 11) is -1.66. The Morgan fingerprint density at radius 1 is 1.38 bits per heavy atom. The molecular weight excluding hydrogens is 316 g/mol. The first kappa shape index (κ1) is 20.0. The number of sulfone groups is 1. The number of carboxylic acid groups (broad SMARTS) is 1. The Morgan fingerprint density at radius 2 is 1.95 bits per heavy atom. The van der Waals surface area contributed by atoms with E-state index in [4.69, 9.17) is 5.11 Å². The van der Waals surface area contributed by atoms with Crippen molar-refractivity contribution < 1.29 is 23.1 Å². The molecule has 0 saturated carbocycles. The van der Waals surface area contributed by atoms with Gasteiger partial charge in [-0.3, -0.25) is 0 Å². The average molecular weight is 340 g/mol. The van der Waals surface area contributed by atoms with Crippen LogP contribution >= 0.6 is 11.8 Å². The number of aliphatic carboxylic acids is 1. The normalized spacial score (nSPS) is 14.3. The number of urea groups is 1. The van der Waals surface area contributed by atoms with Crippen molar-refractivity contribution in [3.05, 3.63) is 0 Å². The molecule has 124 valence electrons. The predicted molar refractivity (Wildman–Crippen MR) is 84.5 cm³/mol. The number of carbonyl (C=O) groups is 2. The third-order valence-corrected chi connectivity index (χ3v) is 4.77. The second-order valence-corrected chi connectivity index (χ2v) is 8.06. The van der Waals surface area contributed by atoms with Gasteiger partial charge in [0.05, 0.1) is 5.75 Å². The third-order valence-electron chi connectivity index (χ3n) is 3.07. The highest BCUT2D eigenvalue weighted by Gasteiger charge is 2.25. The minimum Gasteiger partial charge on any atom is -0.480 e. The molecule has 0 rings (SSSR count). The molecule has 0 aromatic rings. The molecule has 0 aromatic heterocycles. The summed E-state index contributed by atoms with van der Waals surface area (Å²) in [5.74, 6) is -0.768. The van der Waals surface area contributed by atoms with Crippen LogP contribution < -0.4 is 5.32 Å². The van der Waals surface area contributed by atoms with Gasteiger partial charge in [-0.15, -0.1) is 0 Å². The largest absolute Gasteiger partial charge is 0.480 e. The van der Waals surface area contributed by atoms with Gasteiger partial charge >= 0.3 is 12.0 Å². The molecule has 0 saturated heterocycles. The van der Waals surface area contributed by atoms with E-state index in [1.165, 1.54) is 4.90 Å². The molecule has 0 bridgehead atoms. The molecule has 2 unspecified atom stereocenters. The van der Waals surface area contributed by atoms with E-state index in [2.05, 4.69) is 5.32 Å². The quantitative estimate of drug-likeness (QED) is 0.639. The van der Waals surface area contributed by atoms with E-state index in [0.717, 1.165) is 18.4 Å². The monoisotopic (exact) mass is 340 g/mol. The van der Waals surface area contributed by atoms with Crippen molar-refractivity contribution in [3.63, 3.8) is 0 Å². The van der Waals surface area contributed by atoms with Gasteiger partial charge in [0, 0.05) is 25.1 Å². The number of nitrogens with zero attached hydrogens (tertiary/aromatic N) is 1. The van der Waals surface area contributed by atoms with E-state index in [0.29, 0.717) is 0 Å². The molecule has 0 aliphatic carbocycles. The van der Waals surface area contributed by atoms with Crippen LogP contribution in [0.4, 0.5) is 4.79 Å². The van der Waals surface area contributed by atoms with Gasteiger partial charge in [0.15, 0.2) is 0 Å². The lowest BCUT2D eigenvalue weighted by Crippen LogP contribution is -2.50. The highest BCUT2D eigenvalue weighted by molar-refractivity contribution is 7.98. The van der Waals surface area contributed by atoms with Crippen molar-refractivity contribution in [1.29, 1.82) is 0 Å². The summed E-state index contributed by atoms with van der Waals surface area (Å²) >= 11 is 1.60. The van der Waals surface area contributed by atoms with Crippen molar-refractivity contribution in [2.75, 3.05) is 31.1 Å². The summed E-state index contributed by atoms with van der Waals surface area (Å²) in [4.78, 5) is 24.6. The Labute approximate surface area is 130 Å². The molecule has 0 aromatic carbocycles. The van der Waals surface area contributed by atoms with Gasteiger partial charge in [-0.2, -0.15) is 11.8 Å². The number of carboxylic acids is 1. The summed E-state index contributed by atoms with van der Waals surface area (Å²) < 4.78 is 22.2. The maximum atomic E-state index is 12.1. The van der Waals surface area contributed by atoms with Crippen LogP contribution in [0.2, 0.25) is 0 Å². The van der Waals surface area contributed by atoms with Crippen LogP contribution in [0.15, 0.2) is 0 Å². The van der Waals surface area contributed by atoms with E-state index >= 15 is 0 Å². The number of thioether (sulfide) groups is 1. The fraction of sp³-hybridized carbons (Fsp3) is 0.833. The fourth-order valence-electron chi connectivity index (χ4n) is 1.70. The van der Waals surface area contributed by atoms with Crippen LogP contribution in [0.25, 0.3) is 0 Å². The Bertz CT molecular complexity index is 453. The molecule has 2 amide bonds. The van der Waals surface area contributed by atoms with Crippen molar-refractivity contribution in [2.24, 2.45) is 0 Å². The van der Waals surface area contributed by atoms with E-state index in [-0.39, 0.29) is 18.2 Å². The molecular formula is C12H24N2O5S2. The van der Waals surface area contributed by atoms with Gasteiger partial charge < -0.3 is 15.3 Å². The van der Waals surface area contributed by atoms with Crippen molar-refractivity contribution >= 4 is 33.6 Å². The fourth-order valence-corrected chi connectivity index (χ4v) is 3.21. The smallest absolute Gasteiger partial charge is 0.326 e. The second-order valence-electron chi connectivity index (χ2n) is 4.89. The Morgan fingerprint density at radius 3 is 2.33 bits per heavy atom. The van der Waals surface area contributed by atoms with E-state index in [9.17, 15) is 18.0 Å². The first-order chi connectivity index (χ1) is 9.62. The van der Waals surface area contributed by atoms with Crippen molar-refractivity contribution in [1.82, 2.24) is 10.2 Å². The second kappa shape index (κ2) is 9.14. The Kier molecular flexibility index (Phi) is 8.72. The molecule has 9 heteroatoms. The molecule has 2 atom stereocenters. The summed E-state index contributed by atoms with van der Waals surface area (Å²) in [5.41, 5.74) is 0. The van der Waals surface area contributed by atoms with Crippen LogP contribution in [0.5, 0.6) is 0 Å². The zero-order valence-electron chi connectivity index (χ0n) is 12.8. The Hall–Kier alpha value is -0.960. The number of hydrogen-bond donors (Lipinski definition) is 2. The number of amides is 2. The highest BCUT2D eigenvalue weighted by Crippen LogP contribution is 2.09. The summed E-state index contributed by atoms with van der Waals surface area (Å²) in [6.07, 6.45) is 3.57. The SMILES string of the molecule is CCC(CSC)N(C)C(=O)NC(CCS(C)(=O)=O)C(=O)O. The molecule has 0 aliphatic rings. The zero-order valence-corrected chi connectivity index (χ0v) is 14.5. The lowest BCUT2D eigenvalue weighted by atomic mass is 10.2. The Balaban J connectivity index is 4.70. The first-order valence-electron chi connectivity index (χ1n) is 6.55. The average Bonchev–Trinajstić information content (AvgIpc) is 2.38. The van der Waals surface area contributed by atoms with Gasteiger partial charge in [-0.25, -0.2) is 18.0 Å². The molecule has 0 radical (unpaired) electrons. The predicted octanol–water partition coefficient (Wildman–Crippen LogP) is 0.657. The molecule has 0 spiro atoms. The summed E-state index contributed by atoms with van der Waals surface area (Å²) in [5, 5.41) is 11.4. The molecule has 0 fully saturated rings. The lowest BCUT2D eigenvalue weighted by Gasteiger charge is -2.28. The standard InChI is InChI=1S/C12H24N2O5S2/c1-5-9(8-20-3)14(2)12(17)13-10(11(15)16)6-7-21(4,18)19/h9-10H,5-8H2,1-4H3,(H,13,17)(H,15,16). The van der Waals surface area contributed by atoms with Crippen LogP contribution in [-0.2, 0) is 14.6 Å². The lowest BCUT2D eigenvalue weighted by molar-refractivity contribution is -0.139. The van der Waals surface area contributed by atoms with Gasteiger partial charge in [-0.1, -0.05) is 6.92 Å². The highest BCUT2D eigenvalue weighted by atomic mass is 32.2. The minimum absolute atomic E-state index is 0.00403.